The van der Waals surface area contributed by atoms with Gasteiger partial charge in [0.2, 0.25) is 0 Å². The van der Waals surface area contributed by atoms with E-state index in [1.807, 2.05) is 48.5 Å². The zero-order chi connectivity index (χ0) is 21.8. The highest BCUT2D eigenvalue weighted by Crippen LogP contribution is 2.21. The Labute approximate surface area is 169 Å². The SMILES string of the molecule is CCOC(=O)/C(=C/C(C)(C)C)C(=NC(C)(C)C)NS(=O)(=O)c1ccc(C)cc1. The summed E-state index contributed by atoms with van der Waals surface area (Å²) >= 11 is 0. The fourth-order valence-electron chi connectivity index (χ4n) is 2.24. The summed E-state index contributed by atoms with van der Waals surface area (Å²) in [6, 6.07) is 6.46. The number of esters is 1. The number of allylic oxidation sites excluding steroid dienone is 1. The van der Waals surface area contributed by atoms with Crippen LogP contribution in [0.25, 0.3) is 0 Å². The molecule has 0 aliphatic rings. The van der Waals surface area contributed by atoms with Gasteiger partial charge in [-0.2, -0.15) is 0 Å². The first-order valence-electron chi connectivity index (χ1n) is 9.24. The number of aliphatic imine (C=N–C) groups is 1. The minimum Gasteiger partial charge on any atom is -0.462 e. The highest BCUT2D eigenvalue weighted by Gasteiger charge is 2.27. The molecule has 1 aromatic rings. The van der Waals surface area contributed by atoms with E-state index >= 15 is 0 Å². The average molecular weight is 409 g/mol. The van der Waals surface area contributed by atoms with E-state index in [4.69, 9.17) is 4.74 Å². The van der Waals surface area contributed by atoms with Crippen molar-refractivity contribution in [2.45, 2.75) is 65.8 Å². The molecule has 0 unspecified atom stereocenters. The molecule has 28 heavy (non-hydrogen) atoms. The van der Waals surface area contributed by atoms with Gasteiger partial charge in [0.05, 0.1) is 22.6 Å². The quantitative estimate of drug-likeness (QED) is 0.345. The van der Waals surface area contributed by atoms with Crippen LogP contribution in [0.2, 0.25) is 0 Å². The van der Waals surface area contributed by atoms with E-state index in [9.17, 15) is 13.2 Å². The molecule has 7 heteroatoms. The van der Waals surface area contributed by atoms with Gasteiger partial charge in [-0.15, -0.1) is 0 Å². The van der Waals surface area contributed by atoms with Crippen molar-refractivity contribution in [3.63, 3.8) is 0 Å². The number of carbonyl (C=O) groups is 1. The first-order valence-corrected chi connectivity index (χ1v) is 10.7. The maximum Gasteiger partial charge on any atom is 0.341 e. The van der Waals surface area contributed by atoms with Crippen molar-refractivity contribution in [1.82, 2.24) is 4.72 Å². The molecule has 0 radical (unpaired) electrons. The van der Waals surface area contributed by atoms with Gasteiger partial charge in [0.15, 0.2) is 0 Å². The monoisotopic (exact) mass is 408 g/mol. The summed E-state index contributed by atoms with van der Waals surface area (Å²) in [5.74, 6) is -0.645. The highest BCUT2D eigenvalue weighted by molar-refractivity contribution is 7.90. The second-order valence-electron chi connectivity index (χ2n) is 8.69. The van der Waals surface area contributed by atoms with Crippen molar-refractivity contribution in [3.05, 3.63) is 41.5 Å². The molecule has 156 valence electrons. The zero-order valence-electron chi connectivity index (χ0n) is 18.1. The summed E-state index contributed by atoms with van der Waals surface area (Å²) in [7, 11) is -3.93. The van der Waals surface area contributed by atoms with Crippen LogP contribution < -0.4 is 4.72 Å². The van der Waals surface area contributed by atoms with Crippen LogP contribution in [0.15, 0.2) is 45.8 Å². The number of hydrogen-bond acceptors (Lipinski definition) is 5. The molecule has 0 saturated heterocycles. The summed E-state index contributed by atoms with van der Waals surface area (Å²) < 4.78 is 33.5. The summed E-state index contributed by atoms with van der Waals surface area (Å²) in [5, 5.41) is 0. The number of rotatable bonds is 5. The Balaban J connectivity index is 3.54. The van der Waals surface area contributed by atoms with Crippen LogP contribution in [0, 0.1) is 12.3 Å². The molecule has 0 spiro atoms. The molecule has 1 aromatic carbocycles. The van der Waals surface area contributed by atoms with Crippen LogP contribution in [0.3, 0.4) is 0 Å². The molecule has 0 amide bonds. The summed E-state index contributed by atoms with van der Waals surface area (Å²) in [4.78, 5) is 17.2. The fourth-order valence-corrected chi connectivity index (χ4v) is 3.27. The summed E-state index contributed by atoms with van der Waals surface area (Å²) in [5.41, 5.74) is 0.0346. The second kappa shape index (κ2) is 8.90. The van der Waals surface area contributed by atoms with Crippen molar-refractivity contribution >= 4 is 21.8 Å². The smallest absolute Gasteiger partial charge is 0.341 e. The maximum absolute atomic E-state index is 12.9. The van der Waals surface area contributed by atoms with E-state index in [0.29, 0.717) is 0 Å². The van der Waals surface area contributed by atoms with E-state index in [2.05, 4.69) is 9.71 Å². The number of ether oxygens (including phenoxy) is 1. The first-order chi connectivity index (χ1) is 12.6. The van der Waals surface area contributed by atoms with E-state index in [1.165, 1.54) is 12.1 Å². The van der Waals surface area contributed by atoms with Crippen LogP contribution in [0.5, 0.6) is 0 Å². The second-order valence-corrected chi connectivity index (χ2v) is 10.4. The number of nitrogens with one attached hydrogen (secondary N) is 1. The van der Waals surface area contributed by atoms with Gasteiger partial charge >= 0.3 is 5.97 Å². The Morgan fingerprint density at radius 1 is 1.11 bits per heavy atom. The van der Waals surface area contributed by atoms with Crippen LogP contribution >= 0.6 is 0 Å². The van der Waals surface area contributed by atoms with E-state index in [-0.39, 0.29) is 22.9 Å². The van der Waals surface area contributed by atoms with E-state index in [0.717, 1.165) is 5.56 Å². The molecular weight excluding hydrogens is 376 g/mol. The molecular formula is C21H32N2O4S. The van der Waals surface area contributed by atoms with Gasteiger partial charge in [-0.1, -0.05) is 44.5 Å². The Hall–Kier alpha value is -2.15. The average Bonchev–Trinajstić information content (AvgIpc) is 2.50. The van der Waals surface area contributed by atoms with E-state index < -0.39 is 26.9 Å². The Kier molecular flexibility index (Phi) is 7.59. The number of nitrogens with zero attached hydrogens (tertiary/aromatic N) is 1. The van der Waals surface area contributed by atoms with Crippen LogP contribution in [-0.4, -0.2) is 32.4 Å². The Morgan fingerprint density at radius 3 is 2.07 bits per heavy atom. The topological polar surface area (TPSA) is 84.8 Å². The Bertz CT molecular complexity index is 853. The van der Waals surface area contributed by atoms with Crippen molar-refractivity contribution in [3.8, 4) is 0 Å². The molecule has 1 N–H and O–H groups in total. The van der Waals surface area contributed by atoms with Crippen molar-refractivity contribution in [2.24, 2.45) is 10.4 Å². The number of aryl methyl sites for hydroxylation is 1. The van der Waals surface area contributed by atoms with Crippen molar-refractivity contribution in [1.29, 1.82) is 0 Å². The van der Waals surface area contributed by atoms with E-state index in [1.54, 1.807) is 25.1 Å². The third kappa shape index (κ3) is 7.84. The summed E-state index contributed by atoms with van der Waals surface area (Å²) in [6.07, 6.45) is 1.67. The van der Waals surface area contributed by atoms with Gasteiger partial charge in [0, 0.05) is 0 Å². The first kappa shape index (κ1) is 23.9. The number of hydrogen-bond donors (Lipinski definition) is 1. The molecule has 0 bridgehead atoms. The van der Waals surface area contributed by atoms with Gasteiger partial charge in [0.1, 0.15) is 5.84 Å². The lowest BCUT2D eigenvalue weighted by molar-refractivity contribution is -0.137. The van der Waals surface area contributed by atoms with Crippen molar-refractivity contribution < 1.29 is 17.9 Å². The fraction of sp³-hybridized carbons (Fsp3) is 0.524. The molecule has 0 fully saturated rings. The number of benzene rings is 1. The maximum atomic E-state index is 12.9. The molecule has 0 aliphatic carbocycles. The zero-order valence-corrected chi connectivity index (χ0v) is 18.9. The molecule has 0 heterocycles. The third-order valence-corrected chi connectivity index (χ3v) is 4.69. The standard InChI is InChI=1S/C21H32N2O4S/c1-9-27-19(24)17(14-20(3,4)5)18(22-21(6,7)8)23-28(25,26)16-12-10-15(2)11-13-16/h10-14H,9H2,1-8H3,(H,22,23)/b17-14+. The van der Waals surface area contributed by atoms with Gasteiger partial charge in [0.25, 0.3) is 10.0 Å². The summed E-state index contributed by atoms with van der Waals surface area (Å²) in [6.45, 7) is 15.0. The number of amidine groups is 1. The normalized spacial score (nSPS) is 14.0. The molecule has 0 aliphatic heterocycles. The van der Waals surface area contributed by atoms with Gasteiger partial charge in [-0.25, -0.2) is 13.2 Å². The van der Waals surface area contributed by atoms with Gasteiger partial charge in [-0.3, -0.25) is 9.71 Å². The van der Waals surface area contributed by atoms with Gasteiger partial charge in [-0.05, 0) is 52.2 Å². The molecule has 0 saturated carbocycles. The minimum atomic E-state index is -3.93. The predicted octanol–water partition coefficient (Wildman–Crippen LogP) is 4.01. The lowest BCUT2D eigenvalue weighted by Crippen LogP contribution is -2.37. The lowest BCUT2D eigenvalue weighted by Gasteiger charge is -2.21. The molecule has 0 aromatic heterocycles. The number of sulfonamides is 1. The third-order valence-electron chi connectivity index (χ3n) is 3.34. The van der Waals surface area contributed by atoms with Crippen LogP contribution in [-0.2, 0) is 19.6 Å². The highest BCUT2D eigenvalue weighted by atomic mass is 32.2. The number of carbonyl (C=O) groups excluding carboxylic acids is 1. The van der Waals surface area contributed by atoms with Crippen molar-refractivity contribution in [2.75, 3.05) is 6.61 Å². The van der Waals surface area contributed by atoms with Gasteiger partial charge < -0.3 is 4.74 Å². The largest absolute Gasteiger partial charge is 0.462 e. The Morgan fingerprint density at radius 2 is 1.64 bits per heavy atom. The molecule has 6 nitrogen and oxygen atoms in total. The lowest BCUT2D eigenvalue weighted by atomic mass is 9.93. The predicted molar refractivity (Wildman–Crippen MR) is 113 cm³/mol. The van der Waals surface area contributed by atoms with Crippen LogP contribution in [0.1, 0.15) is 54.0 Å². The van der Waals surface area contributed by atoms with Crippen LogP contribution in [0.4, 0.5) is 0 Å². The molecule has 0 atom stereocenters. The molecule has 1 rings (SSSR count). The minimum absolute atomic E-state index is 0.0264.